The zero-order chi connectivity index (χ0) is 31.7. The van der Waals surface area contributed by atoms with Gasteiger partial charge in [-0.25, -0.2) is 8.78 Å². The molecule has 2 unspecified atom stereocenters. The first-order chi connectivity index (χ1) is 22.3. The zero-order valence-electron chi connectivity index (χ0n) is 25.3. The van der Waals surface area contributed by atoms with E-state index in [0.29, 0.717) is 35.2 Å². The first kappa shape index (κ1) is 28.8. The van der Waals surface area contributed by atoms with Crippen LogP contribution in [0.2, 0.25) is 0 Å². The molecule has 0 spiro atoms. The van der Waals surface area contributed by atoms with Gasteiger partial charge in [0, 0.05) is 24.8 Å². The van der Waals surface area contributed by atoms with E-state index < -0.39 is 23.5 Å². The lowest BCUT2D eigenvalue weighted by atomic mass is 9.93. The maximum atomic E-state index is 16.8. The number of anilines is 1. The number of nitrogens with one attached hydrogen (secondary N) is 2. The Morgan fingerprint density at radius 2 is 1.76 bits per heavy atom. The van der Waals surface area contributed by atoms with Crippen LogP contribution in [0.4, 0.5) is 14.6 Å². The van der Waals surface area contributed by atoms with Crippen LogP contribution in [0.25, 0.3) is 32.9 Å². The topological polar surface area (TPSA) is 133 Å². The number of nitrogens with zero attached hydrogens (tertiary/aromatic N) is 5. The van der Waals surface area contributed by atoms with Crippen LogP contribution in [0.1, 0.15) is 38.2 Å². The van der Waals surface area contributed by atoms with Crippen LogP contribution in [-0.4, -0.2) is 75.1 Å². The summed E-state index contributed by atoms with van der Waals surface area (Å²) in [6, 6.07) is 5.76. The SMILES string of the molecule is CCc1c(F)ccc2cc(O)cc(-c3ncc4c(N5CC6C(=O)NNC(=O)C6C5)nc(OCC56CCCN5CCC6)nc4c3F)c12. The maximum Gasteiger partial charge on any atom is 0.319 e. The van der Waals surface area contributed by atoms with E-state index in [-0.39, 0.29) is 64.4 Å². The number of hydrogen-bond acceptors (Lipinski definition) is 9. The lowest BCUT2D eigenvalue weighted by molar-refractivity contribution is -0.140. The average molecular weight is 630 g/mol. The number of aromatic hydroxyl groups is 1. The summed E-state index contributed by atoms with van der Waals surface area (Å²) in [5, 5.41) is 11.9. The Morgan fingerprint density at radius 1 is 1.04 bits per heavy atom. The fourth-order valence-corrected chi connectivity index (χ4v) is 8.02. The predicted molar refractivity (Wildman–Crippen MR) is 165 cm³/mol. The minimum atomic E-state index is -0.780. The Hall–Kier alpha value is -4.65. The van der Waals surface area contributed by atoms with Crippen molar-refractivity contribution in [3.8, 4) is 23.0 Å². The molecule has 11 nitrogen and oxygen atoms in total. The molecular weight excluding hydrogens is 596 g/mol. The maximum absolute atomic E-state index is 16.8. The van der Waals surface area contributed by atoms with E-state index in [4.69, 9.17) is 9.72 Å². The number of hydrazine groups is 1. The van der Waals surface area contributed by atoms with Gasteiger partial charge in [-0.1, -0.05) is 13.0 Å². The molecule has 2 amide bonds. The Labute approximate surface area is 262 Å². The minimum absolute atomic E-state index is 0.0171. The zero-order valence-corrected chi connectivity index (χ0v) is 25.3. The van der Waals surface area contributed by atoms with Gasteiger partial charge in [0.2, 0.25) is 11.8 Å². The Morgan fingerprint density at radius 3 is 2.46 bits per heavy atom. The molecule has 238 valence electrons. The van der Waals surface area contributed by atoms with Crippen molar-refractivity contribution in [2.75, 3.05) is 37.7 Å². The highest BCUT2D eigenvalue weighted by molar-refractivity contribution is 6.02. The van der Waals surface area contributed by atoms with Gasteiger partial charge in [-0.3, -0.25) is 30.3 Å². The molecule has 4 aromatic rings. The standard InChI is InChI=1S/C33H33F2N7O4/c1-2-19-24(34)6-5-17-11-18(43)12-20(25(17)19)27-26(35)28-21(13-36-27)29(41-14-22-23(15-41)31(45)40-39-30(22)44)38-32(37-28)46-16-33-7-3-9-42(33)10-4-8-33/h5-6,11-13,22-23,43H,2-4,7-10,14-16H2,1H3,(H,39,44)(H,40,45). The van der Waals surface area contributed by atoms with Crippen LogP contribution >= 0.6 is 0 Å². The quantitative estimate of drug-likeness (QED) is 0.293. The van der Waals surface area contributed by atoms with E-state index in [1.807, 2.05) is 6.92 Å². The third-order valence-electron chi connectivity index (χ3n) is 10.3. The highest BCUT2D eigenvalue weighted by Gasteiger charge is 2.47. The van der Waals surface area contributed by atoms with Crippen LogP contribution in [0.5, 0.6) is 11.8 Å². The van der Waals surface area contributed by atoms with Crippen molar-refractivity contribution in [3.05, 3.63) is 47.7 Å². The van der Waals surface area contributed by atoms with Gasteiger partial charge >= 0.3 is 6.01 Å². The highest BCUT2D eigenvalue weighted by Crippen LogP contribution is 2.42. The highest BCUT2D eigenvalue weighted by atomic mass is 19.1. The number of ether oxygens (including phenoxy) is 1. The fourth-order valence-electron chi connectivity index (χ4n) is 8.02. The van der Waals surface area contributed by atoms with E-state index in [9.17, 15) is 19.1 Å². The second-order valence-electron chi connectivity index (χ2n) is 12.8. The molecule has 0 saturated carbocycles. The lowest BCUT2D eigenvalue weighted by Gasteiger charge is -2.31. The molecule has 0 aliphatic carbocycles. The summed E-state index contributed by atoms with van der Waals surface area (Å²) in [5.41, 5.74) is 5.18. The van der Waals surface area contributed by atoms with Gasteiger partial charge in [-0.05, 0) is 79.7 Å². The number of rotatable bonds is 6. The Kier molecular flexibility index (Phi) is 6.71. The van der Waals surface area contributed by atoms with Gasteiger partial charge in [0.25, 0.3) is 0 Å². The van der Waals surface area contributed by atoms with Gasteiger partial charge in [0.1, 0.15) is 35.2 Å². The fraction of sp³-hybridized carbons (Fsp3) is 0.424. The first-order valence-electron chi connectivity index (χ1n) is 15.8. The summed E-state index contributed by atoms with van der Waals surface area (Å²) in [6.07, 6.45) is 5.94. The summed E-state index contributed by atoms with van der Waals surface area (Å²) in [6.45, 7) is 4.56. The number of carbonyl (C=O) groups is 2. The monoisotopic (exact) mass is 629 g/mol. The van der Waals surface area contributed by atoms with Crippen LogP contribution < -0.4 is 20.5 Å². The summed E-state index contributed by atoms with van der Waals surface area (Å²) < 4.78 is 38.1. The van der Waals surface area contributed by atoms with Gasteiger partial charge in [0.05, 0.1) is 22.8 Å². The van der Waals surface area contributed by atoms with E-state index in [1.165, 1.54) is 24.4 Å². The number of phenolic OH excluding ortho intramolecular Hbond substituents is 1. The number of amides is 2. The Balaban J connectivity index is 1.28. The Bertz CT molecular complexity index is 1900. The van der Waals surface area contributed by atoms with Crippen LogP contribution in [0, 0.1) is 23.5 Å². The van der Waals surface area contributed by atoms with E-state index in [2.05, 4.69) is 25.7 Å². The number of fused-ring (bicyclic) bond motifs is 4. The van der Waals surface area contributed by atoms with Crippen molar-refractivity contribution in [3.63, 3.8) is 0 Å². The third kappa shape index (κ3) is 4.43. The molecule has 0 bridgehead atoms. The first-order valence-corrected chi connectivity index (χ1v) is 15.8. The second-order valence-corrected chi connectivity index (χ2v) is 12.8. The number of pyridine rings is 1. The van der Waals surface area contributed by atoms with Crippen LogP contribution in [0.15, 0.2) is 30.5 Å². The summed E-state index contributed by atoms with van der Waals surface area (Å²) in [4.78, 5) is 43.2. The number of hydrogen-bond donors (Lipinski definition) is 3. The molecule has 4 aliphatic rings. The number of phenols is 1. The molecular formula is C33H33F2N7O4. The van der Waals surface area contributed by atoms with Crippen LogP contribution in [0.3, 0.4) is 0 Å². The number of benzene rings is 2. The van der Waals surface area contributed by atoms with Crippen molar-refractivity contribution in [2.45, 2.75) is 44.6 Å². The molecule has 46 heavy (non-hydrogen) atoms. The molecule has 0 radical (unpaired) electrons. The van der Waals surface area contributed by atoms with Gasteiger partial charge in [0.15, 0.2) is 5.82 Å². The third-order valence-corrected chi connectivity index (χ3v) is 10.3. The molecule has 2 aromatic carbocycles. The molecule has 2 aromatic heterocycles. The van der Waals surface area contributed by atoms with Crippen LogP contribution in [-0.2, 0) is 16.0 Å². The van der Waals surface area contributed by atoms with Gasteiger partial charge < -0.3 is 14.7 Å². The summed E-state index contributed by atoms with van der Waals surface area (Å²) in [5.74, 6) is -2.83. The van der Waals surface area contributed by atoms with E-state index >= 15 is 4.39 Å². The number of aryl methyl sites for hydroxylation is 1. The molecule has 4 fully saturated rings. The van der Waals surface area contributed by atoms with Crippen molar-refractivity contribution in [1.82, 2.24) is 30.7 Å². The van der Waals surface area contributed by atoms with Crippen molar-refractivity contribution in [2.24, 2.45) is 11.8 Å². The molecule has 4 aliphatic heterocycles. The van der Waals surface area contributed by atoms with E-state index in [0.717, 1.165) is 38.8 Å². The largest absolute Gasteiger partial charge is 0.508 e. The summed E-state index contributed by atoms with van der Waals surface area (Å²) >= 11 is 0. The predicted octanol–water partition coefficient (Wildman–Crippen LogP) is 3.61. The molecule has 6 heterocycles. The lowest BCUT2D eigenvalue weighted by Crippen LogP contribution is -2.55. The normalized spacial score (nSPS) is 22.3. The number of halogens is 2. The van der Waals surface area contributed by atoms with Crippen molar-refractivity contribution in [1.29, 1.82) is 0 Å². The average Bonchev–Trinajstić information content (AvgIpc) is 3.77. The summed E-state index contributed by atoms with van der Waals surface area (Å²) in [7, 11) is 0. The molecule has 2 atom stereocenters. The van der Waals surface area contributed by atoms with Crippen molar-refractivity contribution >= 4 is 39.3 Å². The van der Waals surface area contributed by atoms with E-state index in [1.54, 1.807) is 11.0 Å². The smallest absolute Gasteiger partial charge is 0.319 e. The number of carbonyl (C=O) groups excluding carboxylic acids is 2. The second kappa shape index (κ2) is 10.7. The molecule has 3 N–H and O–H groups in total. The molecule has 8 rings (SSSR count). The van der Waals surface area contributed by atoms with Gasteiger partial charge in [-0.15, -0.1) is 0 Å². The number of aromatic nitrogens is 3. The minimum Gasteiger partial charge on any atom is -0.508 e. The molecule has 13 heteroatoms. The van der Waals surface area contributed by atoms with Gasteiger partial charge in [-0.2, -0.15) is 9.97 Å². The van der Waals surface area contributed by atoms with Crippen molar-refractivity contribution < 1.29 is 28.2 Å². The molecule has 4 saturated heterocycles.